The summed E-state index contributed by atoms with van der Waals surface area (Å²) in [6, 6.07) is 0. The van der Waals surface area contributed by atoms with Gasteiger partial charge >= 0.3 is 0 Å². The standard InChI is InChI=1S/C9H2OS8/c1-2-11-3-4(12-2)14-5(13-3)6-15-7-8(16-6)18-9(10)17-7/h1H2. The van der Waals surface area contributed by atoms with Crippen molar-refractivity contribution in [3.63, 3.8) is 0 Å². The van der Waals surface area contributed by atoms with Crippen LogP contribution in [0.15, 0.2) is 41.0 Å². The Kier molecular flexibility index (Phi) is 3.48. The van der Waals surface area contributed by atoms with E-state index in [0.29, 0.717) is 0 Å². The highest BCUT2D eigenvalue weighted by Gasteiger charge is 2.33. The normalized spacial score (nSPS) is 22.1. The molecule has 0 saturated carbocycles. The summed E-state index contributed by atoms with van der Waals surface area (Å²) < 4.78 is 9.19. The SMILES string of the molecule is C=C1SC2=C(S1)SC(=C1Sc3sc(=O)sc3S1)S2. The highest BCUT2D eigenvalue weighted by atomic mass is 32.3. The van der Waals surface area contributed by atoms with Crippen LogP contribution >= 0.6 is 93.2 Å². The van der Waals surface area contributed by atoms with Crippen molar-refractivity contribution in [1.29, 1.82) is 0 Å². The van der Waals surface area contributed by atoms with Crippen molar-refractivity contribution in [1.82, 2.24) is 0 Å². The second-order valence-corrected chi connectivity index (χ2v) is 13.5. The Labute approximate surface area is 137 Å². The van der Waals surface area contributed by atoms with Crippen molar-refractivity contribution in [2.75, 3.05) is 0 Å². The first kappa shape index (κ1) is 12.9. The molecule has 0 spiro atoms. The van der Waals surface area contributed by atoms with Gasteiger partial charge in [0.2, 0.25) is 0 Å². The minimum atomic E-state index is 0.207. The van der Waals surface area contributed by atoms with Crippen molar-refractivity contribution in [2.24, 2.45) is 0 Å². The van der Waals surface area contributed by atoms with Crippen LogP contribution in [-0.2, 0) is 0 Å². The van der Waals surface area contributed by atoms with Crippen LogP contribution in [0.3, 0.4) is 0 Å². The van der Waals surface area contributed by atoms with Crippen LogP contribution in [0.5, 0.6) is 0 Å². The van der Waals surface area contributed by atoms with Gasteiger partial charge in [0.1, 0.15) is 0 Å². The summed E-state index contributed by atoms with van der Waals surface area (Å²) in [5, 5.41) is 0. The fraction of sp³-hybridized carbons (Fsp3) is 0. The number of thioether (sulfide) groups is 6. The molecule has 0 unspecified atom stereocenters. The fourth-order valence-corrected chi connectivity index (χ4v) is 13.4. The van der Waals surface area contributed by atoms with Crippen LogP contribution in [0.2, 0.25) is 0 Å². The first-order valence-electron chi connectivity index (χ1n) is 4.57. The molecule has 0 atom stereocenters. The van der Waals surface area contributed by atoms with E-state index in [4.69, 9.17) is 0 Å². The van der Waals surface area contributed by atoms with E-state index in [1.807, 2.05) is 23.5 Å². The quantitative estimate of drug-likeness (QED) is 0.536. The third-order valence-corrected chi connectivity index (χ3v) is 13.0. The van der Waals surface area contributed by atoms with Crippen LogP contribution in [0.4, 0.5) is 0 Å². The summed E-state index contributed by atoms with van der Waals surface area (Å²) in [4.78, 5) is 11.3. The van der Waals surface area contributed by atoms with Gasteiger partial charge in [0.05, 0.1) is 25.4 Å². The molecule has 92 valence electrons. The first-order chi connectivity index (χ1) is 8.69. The molecule has 9 heteroatoms. The van der Waals surface area contributed by atoms with Gasteiger partial charge in [-0.1, -0.05) is 99.8 Å². The molecule has 1 aromatic heterocycles. The molecule has 0 saturated heterocycles. The number of hydrogen-bond acceptors (Lipinski definition) is 9. The van der Waals surface area contributed by atoms with E-state index in [0.717, 1.165) is 0 Å². The maximum atomic E-state index is 11.3. The van der Waals surface area contributed by atoms with Crippen LogP contribution in [0.1, 0.15) is 0 Å². The second kappa shape index (κ2) is 4.87. The smallest absolute Gasteiger partial charge is 0.265 e. The summed E-state index contributed by atoms with van der Waals surface area (Å²) in [6.45, 7) is 3.99. The molecule has 0 radical (unpaired) electrons. The van der Waals surface area contributed by atoms with Crippen LogP contribution in [0, 0.1) is 0 Å². The lowest BCUT2D eigenvalue weighted by Gasteiger charge is -2.03. The van der Waals surface area contributed by atoms with Crippen LogP contribution in [0.25, 0.3) is 0 Å². The molecule has 0 N–H and O–H groups in total. The maximum absolute atomic E-state index is 11.3. The summed E-state index contributed by atoms with van der Waals surface area (Å²) in [5.74, 6) is 0. The largest absolute Gasteiger partial charge is 0.289 e. The Morgan fingerprint density at radius 2 is 1.11 bits per heavy atom. The van der Waals surface area contributed by atoms with E-state index in [1.54, 1.807) is 47.0 Å². The molecule has 1 aromatic rings. The third-order valence-electron chi connectivity index (χ3n) is 2.01. The van der Waals surface area contributed by atoms with Crippen molar-refractivity contribution < 1.29 is 0 Å². The van der Waals surface area contributed by atoms with Gasteiger partial charge in [-0.15, -0.1) is 0 Å². The van der Waals surface area contributed by atoms with Crippen molar-refractivity contribution in [2.45, 2.75) is 8.42 Å². The van der Waals surface area contributed by atoms with Crippen LogP contribution in [-0.4, -0.2) is 0 Å². The van der Waals surface area contributed by atoms with E-state index >= 15 is 0 Å². The summed E-state index contributed by atoms with van der Waals surface area (Å²) >= 11 is 13.5. The molecule has 0 amide bonds. The van der Waals surface area contributed by atoms with E-state index in [9.17, 15) is 4.79 Å². The molecule has 0 aliphatic carbocycles. The Morgan fingerprint density at radius 1 is 0.667 bits per heavy atom. The van der Waals surface area contributed by atoms with Gasteiger partial charge < -0.3 is 0 Å². The van der Waals surface area contributed by atoms with E-state index in [-0.39, 0.29) is 4.06 Å². The fourth-order valence-electron chi connectivity index (χ4n) is 1.36. The topological polar surface area (TPSA) is 17.1 Å². The average molecular weight is 383 g/mol. The zero-order valence-electron chi connectivity index (χ0n) is 8.38. The van der Waals surface area contributed by atoms with Crippen molar-refractivity contribution in [3.8, 4) is 0 Å². The lowest BCUT2D eigenvalue weighted by Crippen LogP contribution is -1.75. The Morgan fingerprint density at radius 3 is 1.67 bits per heavy atom. The third kappa shape index (κ3) is 2.20. The summed E-state index contributed by atoms with van der Waals surface area (Å²) in [5.41, 5.74) is 0. The number of hydrogen-bond donors (Lipinski definition) is 0. The maximum Gasteiger partial charge on any atom is 0.289 e. The Hall–Kier alpha value is 1.17. The average Bonchev–Trinajstić information content (AvgIpc) is 2.94. The van der Waals surface area contributed by atoms with Gasteiger partial charge in [-0.25, -0.2) is 0 Å². The molecule has 18 heavy (non-hydrogen) atoms. The molecule has 1 nitrogen and oxygen atoms in total. The predicted octanol–water partition coefficient (Wildman–Crippen LogP) is 6.05. The van der Waals surface area contributed by atoms with E-state index in [2.05, 4.69) is 6.58 Å². The first-order valence-corrected chi connectivity index (χ1v) is 11.1. The minimum Gasteiger partial charge on any atom is -0.265 e. The van der Waals surface area contributed by atoms with Crippen molar-refractivity contribution >= 4 is 93.2 Å². The second-order valence-electron chi connectivity index (χ2n) is 3.16. The molecular weight excluding hydrogens is 381 g/mol. The minimum absolute atomic E-state index is 0.207. The highest BCUT2D eigenvalue weighted by molar-refractivity contribution is 8.48. The Bertz CT molecular complexity index is 639. The van der Waals surface area contributed by atoms with Gasteiger partial charge in [0.25, 0.3) is 4.06 Å². The zero-order chi connectivity index (χ0) is 12.3. The molecular formula is C9H2OS8. The molecule has 3 aliphatic rings. The number of rotatable bonds is 0. The van der Waals surface area contributed by atoms with Gasteiger partial charge in [0.15, 0.2) is 0 Å². The van der Waals surface area contributed by atoms with E-state index in [1.165, 1.54) is 52.3 Å². The molecule has 0 aromatic carbocycles. The zero-order valence-corrected chi connectivity index (χ0v) is 14.9. The number of fused-ring (bicyclic) bond motifs is 1. The Balaban J connectivity index is 1.60. The van der Waals surface area contributed by atoms with Gasteiger partial charge in [0, 0.05) is 4.24 Å². The van der Waals surface area contributed by atoms with Gasteiger partial charge in [-0.3, -0.25) is 4.79 Å². The molecule has 0 bridgehead atoms. The van der Waals surface area contributed by atoms with Crippen LogP contribution < -0.4 is 4.06 Å². The molecule has 3 aliphatic heterocycles. The summed E-state index contributed by atoms with van der Waals surface area (Å²) in [7, 11) is 0. The lowest BCUT2D eigenvalue weighted by molar-refractivity contribution is 1.56. The molecule has 4 heterocycles. The van der Waals surface area contributed by atoms with Gasteiger partial charge in [-0.2, -0.15) is 0 Å². The van der Waals surface area contributed by atoms with E-state index < -0.39 is 0 Å². The molecule has 0 fully saturated rings. The van der Waals surface area contributed by atoms with Gasteiger partial charge in [-0.05, 0) is 0 Å². The van der Waals surface area contributed by atoms with Crippen molar-refractivity contribution in [3.05, 3.63) is 36.6 Å². The molecule has 4 rings (SSSR count). The monoisotopic (exact) mass is 382 g/mol. The predicted molar refractivity (Wildman–Crippen MR) is 93.7 cm³/mol. The lowest BCUT2D eigenvalue weighted by atomic mass is 11.1. The summed E-state index contributed by atoms with van der Waals surface area (Å²) in [6.07, 6.45) is 0. The highest BCUT2D eigenvalue weighted by Crippen LogP contribution is 2.69.